The Kier molecular flexibility index (Phi) is 3.44. The Bertz CT molecular complexity index is 491. The van der Waals surface area contributed by atoms with Crippen molar-refractivity contribution >= 4 is 0 Å². The van der Waals surface area contributed by atoms with Gasteiger partial charge in [0.1, 0.15) is 12.4 Å². The van der Waals surface area contributed by atoms with Crippen molar-refractivity contribution in [3.8, 4) is 5.75 Å². The molecule has 2 rings (SSSR count). The number of ether oxygens (including phenoxy) is 1. The molecule has 0 bridgehead atoms. The Balaban J connectivity index is 2.01. The predicted molar refractivity (Wildman–Crippen MR) is 62.6 cm³/mol. The molecular weight excluding hydrogens is 218 g/mol. The molecule has 0 radical (unpaired) electrons. The summed E-state index contributed by atoms with van der Waals surface area (Å²) in [7, 11) is 0. The van der Waals surface area contributed by atoms with Crippen molar-refractivity contribution in [3.05, 3.63) is 47.3 Å². The Morgan fingerprint density at radius 3 is 2.88 bits per heavy atom. The summed E-state index contributed by atoms with van der Waals surface area (Å²) in [4.78, 5) is 0. The molecule has 90 valence electrons. The predicted octanol–water partition coefficient (Wildman–Crippen LogP) is 2.62. The van der Waals surface area contributed by atoms with Gasteiger partial charge in [-0.2, -0.15) is 0 Å². The van der Waals surface area contributed by atoms with Crippen LogP contribution in [0.1, 0.15) is 30.0 Å². The van der Waals surface area contributed by atoms with Gasteiger partial charge in [0, 0.05) is 6.07 Å². The summed E-state index contributed by atoms with van der Waals surface area (Å²) in [6.07, 6.45) is -0.494. The zero-order valence-corrected chi connectivity index (χ0v) is 9.88. The fraction of sp³-hybridized carbons (Fsp3) is 0.308. The highest BCUT2D eigenvalue weighted by Gasteiger charge is 2.04. The second kappa shape index (κ2) is 5.01. The van der Waals surface area contributed by atoms with Crippen LogP contribution in [0, 0.1) is 6.92 Å². The molecule has 1 N–H and O–H groups in total. The summed E-state index contributed by atoms with van der Waals surface area (Å²) >= 11 is 0. The Labute approximate surface area is 99.8 Å². The molecule has 0 amide bonds. The monoisotopic (exact) mass is 233 g/mol. The van der Waals surface area contributed by atoms with Gasteiger partial charge in [-0.15, -0.1) is 0 Å². The lowest BCUT2D eigenvalue weighted by atomic mass is 10.1. The lowest BCUT2D eigenvalue weighted by Gasteiger charge is -2.08. The van der Waals surface area contributed by atoms with Gasteiger partial charge in [0.05, 0.1) is 11.8 Å². The van der Waals surface area contributed by atoms with Gasteiger partial charge in [-0.05, 0) is 31.5 Å². The fourth-order valence-corrected chi connectivity index (χ4v) is 1.50. The van der Waals surface area contributed by atoms with E-state index in [1.807, 2.05) is 37.3 Å². The number of benzene rings is 1. The number of aliphatic hydroxyl groups excluding tert-OH is 1. The third-order valence-corrected chi connectivity index (χ3v) is 2.40. The van der Waals surface area contributed by atoms with Crippen LogP contribution in [0.2, 0.25) is 0 Å². The van der Waals surface area contributed by atoms with Crippen molar-refractivity contribution in [2.45, 2.75) is 26.6 Å². The second-order valence-electron chi connectivity index (χ2n) is 3.97. The maximum Gasteiger partial charge on any atom is 0.174 e. The lowest BCUT2D eigenvalue weighted by molar-refractivity contribution is 0.198. The quantitative estimate of drug-likeness (QED) is 0.881. The molecule has 17 heavy (non-hydrogen) atoms. The third kappa shape index (κ3) is 3.07. The molecule has 1 heterocycles. The van der Waals surface area contributed by atoms with Crippen LogP contribution in [0.4, 0.5) is 0 Å². The molecule has 2 aromatic rings. The standard InChI is InChI=1S/C13H15NO3/c1-9-6-13(17-14-9)8-16-12-5-3-4-11(7-12)10(2)15/h3-7,10,15H,8H2,1-2H3. The van der Waals surface area contributed by atoms with Crippen LogP contribution in [-0.4, -0.2) is 10.3 Å². The summed E-state index contributed by atoms with van der Waals surface area (Å²) in [6.45, 7) is 3.92. The molecule has 0 saturated carbocycles. The zero-order chi connectivity index (χ0) is 12.3. The number of aryl methyl sites for hydroxylation is 1. The van der Waals surface area contributed by atoms with E-state index in [1.165, 1.54) is 0 Å². The minimum absolute atomic E-state index is 0.337. The highest BCUT2D eigenvalue weighted by molar-refractivity contribution is 5.29. The number of aromatic nitrogens is 1. The molecule has 0 aliphatic heterocycles. The molecule has 4 heteroatoms. The molecular formula is C13H15NO3. The summed E-state index contributed by atoms with van der Waals surface area (Å²) in [5.74, 6) is 1.39. The van der Waals surface area contributed by atoms with Crippen molar-refractivity contribution in [3.63, 3.8) is 0 Å². The van der Waals surface area contributed by atoms with Crippen LogP contribution < -0.4 is 4.74 Å². The van der Waals surface area contributed by atoms with Gasteiger partial charge < -0.3 is 14.4 Å². The Morgan fingerprint density at radius 1 is 1.41 bits per heavy atom. The summed E-state index contributed by atoms with van der Waals surface area (Å²) in [5, 5.41) is 13.2. The van der Waals surface area contributed by atoms with Crippen molar-refractivity contribution in [2.24, 2.45) is 0 Å². The molecule has 0 fully saturated rings. The zero-order valence-electron chi connectivity index (χ0n) is 9.88. The van der Waals surface area contributed by atoms with E-state index in [9.17, 15) is 5.11 Å². The average Bonchev–Trinajstić information content (AvgIpc) is 2.73. The SMILES string of the molecule is Cc1cc(COc2cccc(C(C)O)c2)on1. The first-order chi connectivity index (χ1) is 8.15. The normalized spacial score (nSPS) is 12.4. The molecule has 1 aromatic heterocycles. The van der Waals surface area contributed by atoms with Gasteiger partial charge in [0.25, 0.3) is 0 Å². The number of hydrogen-bond acceptors (Lipinski definition) is 4. The van der Waals surface area contributed by atoms with Crippen LogP contribution in [-0.2, 0) is 6.61 Å². The smallest absolute Gasteiger partial charge is 0.174 e. The van der Waals surface area contributed by atoms with Gasteiger partial charge in [-0.3, -0.25) is 0 Å². The number of rotatable bonds is 4. The van der Waals surface area contributed by atoms with E-state index in [0.717, 1.165) is 11.3 Å². The number of hydrogen-bond donors (Lipinski definition) is 1. The molecule has 1 atom stereocenters. The van der Waals surface area contributed by atoms with Gasteiger partial charge in [-0.1, -0.05) is 17.3 Å². The van der Waals surface area contributed by atoms with E-state index in [1.54, 1.807) is 6.92 Å². The van der Waals surface area contributed by atoms with Crippen molar-refractivity contribution < 1.29 is 14.4 Å². The first-order valence-electron chi connectivity index (χ1n) is 5.48. The maximum atomic E-state index is 9.45. The molecule has 0 saturated heterocycles. The topological polar surface area (TPSA) is 55.5 Å². The van der Waals surface area contributed by atoms with E-state index in [-0.39, 0.29) is 0 Å². The van der Waals surface area contributed by atoms with Crippen LogP contribution in [0.25, 0.3) is 0 Å². The maximum absolute atomic E-state index is 9.45. The van der Waals surface area contributed by atoms with E-state index in [0.29, 0.717) is 18.1 Å². The Hall–Kier alpha value is -1.81. The molecule has 0 aliphatic rings. The van der Waals surface area contributed by atoms with Crippen molar-refractivity contribution in [1.82, 2.24) is 5.16 Å². The largest absolute Gasteiger partial charge is 0.486 e. The first-order valence-corrected chi connectivity index (χ1v) is 5.48. The van der Waals surface area contributed by atoms with Crippen LogP contribution in [0.15, 0.2) is 34.9 Å². The van der Waals surface area contributed by atoms with E-state index in [4.69, 9.17) is 9.26 Å². The van der Waals surface area contributed by atoms with Crippen LogP contribution in [0.3, 0.4) is 0 Å². The second-order valence-corrected chi connectivity index (χ2v) is 3.97. The van der Waals surface area contributed by atoms with Crippen LogP contribution in [0.5, 0.6) is 5.75 Å². The fourth-order valence-electron chi connectivity index (χ4n) is 1.50. The highest BCUT2D eigenvalue weighted by atomic mass is 16.5. The molecule has 1 aromatic carbocycles. The van der Waals surface area contributed by atoms with E-state index < -0.39 is 6.10 Å². The summed E-state index contributed by atoms with van der Waals surface area (Å²) in [6, 6.07) is 9.20. The minimum atomic E-state index is -0.494. The van der Waals surface area contributed by atoms with Gasteiger partial charge in [-0.25, -0.2) is 0 Å². The summed E-state index contributed by atoms with van der Waals surface area (Å²) < 4.78 is 10.6. The molecule has 1 unspecified atom stereocenters. The van der Waals surface area contributed by atoms with Crippen LogP contribution >= 0.6 is 0 Å². The molecule has 0 spiro atoms. The minimum Gasteiger partial charge on any atom is -0.486 e. The lowest BCUT2D eigenvalue weighted by Crippen LogP contribution is -1.96. The van der Waals surface area contributed by atoms with Gasteiger partial charge >= 0.3 is 0 Å². The van der Waals surface area contributed by atoms with Gasteiger partial charge in [0.2, 0.25) is 0 Å². The molecule has 4 nitrogen and oxygen atoms in total. The van der Waals surface area contributed by atoms with Crippen molar-refractivity contribution in [1.29, 1.82) is 0 Å². The first kappa shape index (κ1) is 11.7. The molecule has 0 aliphatic carbocycles. The van der Waals surface area contributed by atoms with Gasteiger partial charge in [0.15, 0.2) is 5.76 Å². The van der Waals surface area contributed by atoms with E-state index in [2.05, 4.69) is 5.16 Å². The average molecular weight is 233 g/mol. The number of aliphatic hydroxyl groups is 1. The highest BCUT2D eigenvalue weighted by Crippen LogP contribution is 2.19. The number of nitrogens with zero attached hydrogens (tertiary/aromatic N) is 1. The third-order valence-electron chi connectivity index (χ3n) is 2.40. The summed E-state index contributed by atoms with van der Waals surface area (Å²) in [5.41, 5.74) is 1.66. The van der Waals surface area contributed by atoms with E-state index >= 15 is 0 Å². The Morgan fingerprint density at radius 2 is 2.24 bits per heavy atom. The van der Waals surface area contributed by atoms with Crippen molar-refractivity contribution in [2.75, 3.05) is 0 Å².